The Labute approximate surface area is 131 Å². The van der Waals surface area contributed by atoms with Gasteiger partial charge in [-0.1, -0.05) is 0 Å². The van der Waals surface area contributed by atoms with E-state index in [9.17, 15) is 9.59 Å². The highest BCUT2D eigenvalue weighted by molar-refractivity contribution is 5.95. The van der Waals surface area contributed by atoms with Crippen molar-refractivity contribution in [3.8, 4) is 0 Å². The number of aromatic nitrogens is 1. The minimum absolute atomic E-state index is 0.0278. The molecule has 122 valence electrons. The van der Waals surface area contributed by atoms with E-state index in [4.69, 9.17) is 4.74 Å². The van der Waals surface area contributed by atoms with Gasteiger partial charge in [-0.25, -0.2) is 4.79 Å². The van der Waals surface area contributed by atoms with Gasteiger partial charge in [-0.15, -0.1) is 0 Å². The fourth-order valence-electron chi connectivity index (χ4n) is 2.58. The van der Waals surface area contributed by atoms with Crippen molar-refractivity contribution in [3.05, 3.63) is 24.0 Å². The van der Waals surface area contributed by atoms with E-state index in [0.29, 0.717) is 18.8 Å². The number of carbonyl (C=O) groups excluding carboxylic acids is 2. The van der Waals surface area contributed by atoms with Crippen LogP contribution in [0.4, 0.5) is 4.79 Å². The summed E-state index contributed by atoms with van der Waals surface area (Å²) in [6, 6.07) is 3.62. The molecular weight excluding hydrogens is 282 g/mol. The third-order valence-corrected chi connectivity index (χ3v) is 3.49. The average Bonchev–Trinajstić information content (AvgIpc) is 2.90. The first-order valence-electron chi connectivity index (χ1n) is 7.72. The Hall–Kier alpha value is -1.82. The Morgan fingerprint density at radius 3 is 2.86 bits per heavy atom. The van der Waals surface area contributed by atoms with Crippen LogP contribution in [0.2, 0.25) is 0 Å². The van der Waals surface area contributed by atoms with Gasteiger partial charge < -0.3 is 15.0 Å². The zero-order chi connectivity index (χ0) is 16.2. The highest BCUT2D eigenvalue weighted by Crippen LogP contribution is 2.13. The van der Waals surface area contributed by atoms with Crippen LogP contribution in [0, 0.1) is 0 Å². The first kappa shape index (κ1) is 16.5. The van der Waals surface area contributed by atoms with Gasteiger partial charge in [0, 0.05) is 18.8 Å². The van der Waals surface area contributed by atoms with Crippen LogP contribution < -0.4 is 5.32 Å². The molecule has 2 N–H and O–H groups in total. The van der Waals surface area contributed by atoms with Crippen molar-refractivity contribution >= 4 is 11.9 Å². The van der Waals surface area contributed by atoms with Gasteiger partial charge in [-0.2, -0.15) is 0 Å². The maximum absolute atomic E-state index is 12.1. The Morgan fingerprint density at radius 2 is 2.23 bits per heavy atom. The van der Waals surface area contributed by atoms with Gasteiger partial charge in [0.1, 0.15) is 5.60 Å². The number of amides is 1. The highest BCUT2D eigenvalue weighted by Gasteiger charge is 2.25. The van der Waals surface area contributed by atoms with E-state index < -0.39 is 11.7 Å². The number of piperidine rings is 1. The van der Waals surface area contributed by atoms with Gasteiger partial charge in [0.2, 0.25) is 0 Å². The van der Waals surface area contributed by atoms with Crippen molar-refractivity contribution in [2.24, 2.45) is 0 Å². The van der Waals surface area contributed by atoms with Crippen molar-refractivity contribution in [3.63, 3.8) is 0 Å². The molecule has 1 fully saturated rings. The van der Waals surface area contributed by atoms with Gasteiger partial charge in [-0.3, -0.25) is 9.69 Å². The van der Waals surface area contributed by atoms with E-state index in [1.165, 1.54) is 0 Å². The average molecular weight is 307 g/mol. The number of carbonyl (C=O) groups is 2. The molecule has 1 aromatic heterocycles. The van der Waals surface area contributed by atoms with Crippen LogP contribution in [0.5, 0.6) is 0 Å². The lowest BCUT2D eigenvalue weighted by Crippen LogP contribution is -2.49. The molecule has 0 aromatic carbocycles. The van der Waals surface area contributed by atoms with Crippen molar-refractivity contribution < 1.29 is 14.3 Å². The standard InChI is InChI=1S/C16H25N3O3/c1-16(2,3)22-15(21)18-12-6-5-9-19(10-12)11-14(20)13-7-4-8-17-13/h4,7-8,12,17H,5-6,9-11H2,1-3H3,(H,18,21)/t12-/m0/s1. The van der Waals surface area contributed by atoms with Gasteiger partial charge in [-0.05, 0) is 52.3 Å². The maximum Gasteiger partial charge on any atom is 0.407 e. The largest absolute Gasteiger partial charge is 0.444 e. The molecule has 6 nitrogen and oxygen atoms in total. The molecular formula is C16H25N3O3. The van der Waals surface area contributed by atoms with Crippen LogP contribution in [-0.4, -0.2) is 53.0 Å². The highest BCUT2D eigenvalue weighted by atomic mass is 16.6. The normalized spacial score (nSPS) is 19.7. The second kappa shape index (κ2) is 6.96. The third kappa shape index (κ3) is 5.18. The number of alkyl carbamates (subject to hydrolysis) is 1. The number of hydrogen-bond donors (Lipinski definition) is 2. The molecule has 2 heterocycles. The minimum Gasteiger partial charge on any atom is -0.444 e. The summed E-state index contributed by atoms with van der Waals surface area (Å²) in [5, 5.41) is 2.89. The quantitative estimate of drug-likeness (QED) is 0.836. The van der Waals surface area contributed by atoms with Crippen LogP contribution in [-0.2, 0) is 4.74 Å². The minimum atomic E-state index is -0.498. The molecule has 1 aliphatic heterocycles. The zero-order valence-electron chi connectivity index (χ0n) is 13.5. The van der Waals surface area contributed by atoms with Crippen LogP contribution in [0.25, 0.3) is 0 Å². The Balaban J connectivity index is 1.81. The van der Waals surface area contributed by atoms with Crippen LogP contribution in [0.1, 0.15) is 44.1 Å². The summed E-state index contributed by atoms with van der Waals surface area (Å²) in [7, 11) is 0. The van der Waals surface area contributed by atoms with E-state index in [2.05, 4.69) is 15.2 Å². The Morgan fingerprint density at radius 1 is 1.45 bits per heavy atom. The van der Waals surface area contributed by atoms with Gasteiger partial charge in [0.25, 0.3) is 0 Å². The lowest BCUT2D eigenvalue weighted by molar-refractivity contribution is 0.0473. The van der Waals surface area contributed by atoms with Crippen LogP contribution >= 0.6 is 0 Å². The molecule has 1 aliphatic rings. The third-order valence-electron chi connectivity index (χ3n) is 3.49. The summed E-state index contributed by atoms with van der Waals surface area (Å²) in [5.74, 6) is 0.0721. The SMILES string of the molecule is CC(C)(C)OC(=O)N[C@H]1CCCN(CC(=O)c2ccc[nH]2)C1. The number of rotatable bonds is 4. The monoisotopic (exact) mass is 307 g/mol. The van der Waals surface area contributed by atoms with Crippen molar-refractivity contribution in [1.29, 1.82) is 0 Å². The van der Waals surface area contributed by atoms with E-state index >= 15 is 0 Å². The second-order valence-electron chi connectivity index (χ2n) is 6.73. The van der Waals surface area contributed by atoms with E-state index in [1.807, 2.05) is 26.8 Å². The second-order valence-corrected chi connectivity index (χ2v) is 6.73. The number of ketones is 1. The fourth-order valence-corrected chi connectivity index (χ4v) is 2.58. The Bertz CT molecular complexity index is 505. The summed E-state index contributed by atoms with van der Waals surface area (Å²) < 4.78 is 5.28. The van der Waals surface area contributed by atoms with E-state index in [0.717, 1.165) is 19.4 Å². The molecule has 0 saturated carbocycles. The fraction of sp³-hybridized carbons (Fsp3) is 0.625. The number of nitrogens with zero attached hydrogens (tertiary/aromatic N) is 1. The molecule has 0 aliphatic carbocycles. The van der Waals surface area contributed by atoms with Crippen LogP contribution in [0.15, 0.2) is 18.3 Å². The maximum atomic E-state index is 12.1. The first-order valence-corrected chi connectivity index (χ1v) is 7.72. The number of nitrogens with one attached hydrogen (secondary N) is 2. The number of H-pyrrole nitrogens is 1. The number of hydrogen-bond acceptors (Lipinski definition) is 4. The van der Waals surface area contributed by atoms with Gasteiger partial charge in [0.05, 0.1) is 12.2 Å². The Kier molecular flexibility index (Phi) is 5.24. The topological polar surface area (TPSA) is 74.4 Å². The first-order chi connectivity index (χ1) is 10.3. The lowest BCUT2D eigenvalue weighted by atomic mass is 10.1. The van der Waals surface area contributed by atoms with Crippen molar-refractivity contribution in [1.82, 2.24) is 15.2 Å². The molecule has 2 rings (SSSR count). The summed E-state index contributed by atoms with van der Waals surface area (Å²) in [6.07, 6.45) is 3.22. The summed E-state index contributed by atoms with van der Waals surface area (Å²) >= 11 is 0. The molecule has 0 unspecified atom stereocenters. The molecule has 1 aromatic rings. The molecule has 1 atom stereocenters. The zero-order valence-corrected chi connectivity index (χ0v) is 13.5. The predicted octanol–water partition coefficient (Wildman–Crippen LogP) is 2.19. The molecule has 6 heteroatoms. The van der Waals surface area contributed by atoms with E-state index in [-0.39, 0.29) is 11.8 Å². The van der Waals surface area contributed by atoms with Crippen molar-refractivity contribution in [2.75, 3.05) is 19.6 Å². The molecule has 1 amide bonds. The number of likely N-dealkylation sites (tertiary alicyclic amines) is 1. The van der Waals surface area contributed by atoms with Gasteiger partial charge >= 0.3 is 6.09 Å². The van der Waals surface area contributed by atoms with Crippen LogP contribution in [0.3, 0.4) is 0 Å². The molecule has 0 spiro atoms. The van der Waals surface area contributed by atoms with Gasteiger partial charge in [0.15, 0.2) is 5.78 Å². The van der Waals surface area contributed by atoms with E-state index in [1.54, 1.807) is 12.3 Å². The molecule has 0 bridgehead atoms. The number of Topliss-reactive ketones (excluding diaryl/α,β-unsaturated/α-hetero) is 1. The number of aromatic amines is 1. The molecule has 1 saturated heterocycles. The van der Waals surface area contributed by atoms with Crippen molar-refractivity contribution in [2.45, 2.75) is 45.3 Å². The number of ether oxygens (including phenoxy) is 1. The smallest absolute Gasteiger partial charge is 0.407 e. The molecule has 0 radical (unpaired) electrons. The lowest BCUT2D eigenvalue weighted by Gasteiger charge is -2.33. The summed E-state index contributed by atoms with van der Waals surface area (Å²) in [5.41, 5.74) is 0.129. The summed E-state index contributed by atoms with van der Waals surface area (Å²) in [4.78, 5) is 28.9. The molecule has 22 heavy (non-hydrogen) atoms. The predicted molar refractivity (Wildman–Crippen MR) is 84.0 cm³/mol. The summed E-state index contributed by atoms with van der Waals surface area (Å²) in [6.45, 7) is 7.44.